The number of nitrogens with one attached hydrogen (secondary N) is 1. The van der Waals surface area contributed by atoms with Crippen molar-refractivity contribution in [1.29, 1.82) is 0 Å². The summed E-state index contributed by atoms with van der Waals surface area (Å²) in [5, 5.41) is 9.60. The number of hydrogen-bond donors (Lipinski definition) is 1. The average molecular weight is 313 g/mol. The lowest BCUT2D eigenvalue weighted by molar-refractivity contribution is 0.502. The van der Waals surface area contributed by atoms with Crippen molar-refractivity contribution >= 4 is 42.9 Å². The van der Waals surface area contributed by atoms with Crippen LogP contribution in [0.25, 0.3) is 11.0 Å². The molecule has 68 valence electrons. The number of halogens is 4. The number of hydrogen-bond acceptors (Lipinski definition) is 2. The van der Waals surface area contributed by atoms with Crippen molar-refractivity contribution in [2.24, 2.45) is 0 Å². The Hall–Kier alpha value is -0.560. The van der Waals surface area contributed by atoms with Gasteiger partial charge in [0.05, 0.1) is 8.95 Å². The van der Waals surface area contributed by atoms with Gasteiger partial charge in [-0.15, -0.1) is 0 Å². The Labute approximate surface area is 87.8 Å². The van der Waals surface area contributed by atoms with Crippen molar-refractivity contribution in [2.75, 3.05) is 0 Å². The molecule has 0 atom stereocenters. The number of H-pyrrole nitrogens is 1. The summed E-state index contributed by atoms with van der Waals surface area (Å²) >= 11 is 5.77. The third kappa shape index (κ3) is 1.18. The van der Waals surface area contributed by atoms with Gasteiger partial charge >= 0.3 is 0 Å². The van der Waals surface area contributed by atoms with Gasteiger partial charge in [-0.25, -0.2) is 8.78 Å². The molecule has 0 fully saturated rings. The quantitative estimate of drug-likeness (QED) is 0.600. The van der Waals surface area contributed by atoms with Gasteiger partial charge in [0.2, 0.25) is 0 Å². The van der Waals surface area contributed by atoms with E-state index in [1.165, 1.54) is 0 Å². The maximum atomic E-state index is 13.1. The van der Waals surface area contributed by atoms with Crippen LogP contribution in [0.1, 0.15) is 0 Å². The van der Waals surface area contributed by atoms with Crippen molar-refractivity contribution in [2.45, 2.75) is 0 Å². The molecule has 0 unspecified atom stereocenters. The number of rotatable bonds is 0. The molecule has 1 aromatic carbocycles. The molecule has 7 heteroatoms. The van der Waals surface area contributed by atoms with Crippen LogP contribution in [0.5, 0.6) is 0 Å². The molecule has 3 nitrogen and oxygen atoms in total. The van der Waals surface area contributed by atoms with Crippen LogP contribution < -0.4 is 0 Å². The summed E-state index contributed by atoms with van der Waals surface area (Å²) in [6.07, 6.45) is 0. The molecule has 1 heterocycles. The summed E-state index contributed by atoms with van der Waals surface area (Å²) in [5.41, 5.74) is 0.511. The van der Waals surface area contributed by atoms with E-state index in [0.29, 0.717) is 0 Å². The maximum Gasteiger partial charge on any atom is 0.176 e. The van der Waals surface area contributed by atoms with Crippen LogP contribution in [-0.4, -0.2) is 15.4 Å². The lowest BCUT2D eigenvalue weighted by Crippen LogP contribution is -1.89. The Morgan fingerprint density at radius 1 is 0.923 bits per heavy atom. The van der Waals surface area contributed by atoms with Crippen LogP contribution in [0.15, 0.2) is 8.95 Å². The van der Waals surface area contributed by atoms with Crippen molar-refractivity contribution in [3.05, 3.63) is 20.6 Å². The number of fused-ring (bicyclic) bond motifs is 1. The first-order valence-electron chi connectivity index (χ1n) is 3.15. The monoisotopic (exact) mass is 311 g/mol. The van der Waals surface area contributed by atoms with E-state index in [4.69, 9.17) is 0 Å². The van der Waals surface area contributed by atoms with Crippen molar-refractivity contribution in [3.8, 4) is 0 Å². The minimum absolute atomic E-state index is 0.0306. The standard InChI is InChI=1S/C6HBr2F2N3/c7-1-3(9)4(10)2(8)6-5(1)11-13-12-6/h(H,11,12,13). The molecule has 0 saturated heterocycles. The Bertz CT molecular complexity index is 440. The van der Waals surface area contributed by atoms with Crippen molar-refractivity contribution in [3.63, 3.8) is 0 Å². The molecule has 1 N–H and O–H groups in total. The molecule has 0 spiro atoms. The second-order valence-electron chi connectivity index (χ2n) is 2.28. The fraction of sp³-hybridized carbons (Fsp3) is 0. The van der Waals surface area contributed by atoms with Gasteiger partial charge in [0.1, 0.15) is 11.0 Å². The van der Waals surface area contributed by atoms with E-state index in [1.54, 1.807) is 0 Å². The minimum atomic E-state index is -0.978. The molecular weight excluding hydrogens is 312 g/mol. The lowest BCUT2D eigenvalue weighted by Gasteiger charge is -1.99. The first-order valence-corrected chi connectivity index (χ1v) is 4.74. The van der Waals surface area contributed by atoms with Crippen LogP contribution in [0.3, 0.4) is 0 Å². The van der Waals surface area contributed by atoms with Crippen molar-refractivity contribution < 1.29 is 8.78 Å². The number of aromatic nitrogens is 3. The van der Waals surface area contributed by atoms with E-state index in [0.717, 1.165) is 0 Å². The molecular formula is C6HBr2F2N3. The number of aromatic amines is 1. The summed E-state index contributed by atoms with van der Waals surface area (Å²) in [6, 6.07) is 0. The Morgan fingerprint density at radius 3 is 1.69 bits per heavy atom. The van der Waals surface area contributed by atoms with E-state index >= 15 is 0 Å². The van der Waals surface area contributed by atoms with Gasteiger partial charge in [-0.2, -0.15) is 15.4 Å². The number of benzene rings is 1. The summed E-state index contributed by atoms with van der Waals surface area (Å²) in [5.74, 6) is -1.96. The van der Waals surface area contributed by atoms with Crippen LogP contribution in [0, 0.1) is 11.6 Å². The van der Waals surface area contributed by atoms with Crippen LogP contribution in [-0.2, 0) is 0 Å². The second-order valence-corrected chi connectivity index (χ2v) is 3.86. The fourth-order valence-electron chi connectivity index (χ4n) is 0.938. The van der Waals surface area contributed by atoms with Crippen LogP contribution >= 0.6 is 31.9 Å². The zero-order valence-electron chi connectivity index (χ0n) is 5.91. The van der Waals surface area contributed by atoms with Gasteiger partial charge < -0.3 is 0 Å². The topological polar surface area (TPSA) is 41.6 Å². The molecule has 0 saturated carbocycles. The lowest BCUT2D eigenvalue weighted by atomic mass is 10.3. The number of nitrogens with zero attached hydrogens (tertiary/aromatic N) is 2. The van der Waals surface area contributed by atoms with E-state index in [2.05, 4.69) is 47.3 Å². The van der Waals surface area contributed by atoms with Gasteiger partial charge in [-0.05, 0) is 31.9 Å². The van der Waals surface area contributed by atoms with Crippen LogP contribution in [0.4, 0.5) is 8.78 Å². The molecule has 0 aliphatic heterocycles. The van der Waals surface area contributed by atoms with Gasteiger partial charge in [0, 0.05) is 0 Å². The molecule has 0 radical (unpaired) electrons. The SMILES string of the molecule is Fc1c(F)c(Br)c2n[nH]nc2c1Br. The molecule has 1 aromatic heterocycles. The fourth-order valence-corrected chi connectivity index (χ4v) is 1.84. The predicted octanol–water partition coefficient (Wildman–Crippen LogP) is 2.76. The average Bonchev–Trinajstić information content (AvgIpc) is 2.59. The third-order valence-corrected chi connectivity index (χ3v) is 2.99. The molecule has 0 aliphatic rings. The molecule has 13 heavy (non-hydrogen) atoms. The summed E-state index contributed by atoms with van der Waals surface area (Å²) in [7, 11) is 0. The van der Waals surface area contributed by atoms with E-state index in [1.807, 2.05) is 0 Å². The highest BCUT2D eigenvalue weighted by atomic mass is 79.9. The van der Waals surface area contributed by atoms with E-state index < -0.39 is 11.6 Å². The summed E-state index contributed by atoms with van der Waals surface area (Å²) in [6.45, 7) is 0. The Morgan fingerprint density at radius 2 is 1.31 bits per heavy atom. The Kier molecular flexibility index (Phi) is 2.07. The van der Waals surface area contributed by atoms with Gasteiger partial charge in [0.25, 0.3) is 0 Å². The van der Waals surface area contributed by atoms with E-state index in [-0.39, 0.29) is 20.0 Å². The van der Waals surface area contributed by atoms with Crippen LogP contribution in [0.2, 0.25) is 0 Å². The third-order valence-electron chi connectivity index (χ3n) is 1.54. The molecule has 2 rings (SSSR count). The largest absolute Gasteiger partial charge is 0.202 e. The van der Waals surface area contributed by atoms with E-state index in [9.17, 15) is 8.78 Å². The molecule has 0 aliphatic carbocycles. The van der Waals surface area contributed by atoms with Gasteiger partial charge in [-0.1, -0.05) is 0 Å². The normalized spacial score (nSPS) is 11.1. The maximum absolute atomic E-state index is 13.1. The van der Waals surface area contributed by atoms with Gasteiger partial charge in [0.15, 0.2) is 11.6 Å². The Balaban J connectivity index is 3.02. The van der Waals surface area contributed by atoms with Crippen molar-refractivity contribution in [1.82, 2.24) is 15.4 Å². The highest BCUT2D eigenvalue weighted by Crippen LogP contribution is 2.32. The first-order chi connectivity index (χ1) is 6.13. The minimum Gasteiger partial charge on any atom is -0.202 e. The zero-order valence-corrected chi connectivity index (χ0v) is 9.08. The van der Waals surface area contributed by atoms with Gasteiger partial charge in [-0.3, -0.25) is 0 Å². The molecule has 0 bridgehead atoms. The summed E-state index contributed by atoms with van der Waals surface area (Å²) < 4.78 is 26.1. The zero-order chi connectivity index (χ0) is 9.59. The highest BCUT2D eigenvalue weighted by Gasteiger charge is 2.19. The smallest absolute Gasteiger partial charge is 0.176 e. The second kappa shape index (κ2) is 2.98. The molecule has 0 amide bonds. The molecule has 2 aromatic rings. The summed E-state index contributed by atoms with van der Waals surface area (Å²) in [4.78, 5) is 0. The predicted molar refractivity (Wildman–Crippen MR) is 49.2 cm³/mol. The first kappa shape index (κ1) is 9.01. The highest BCUT2D eigenvalue weighted by molar-refractivity contribution is 9.11.